The Labute approximate surface area is 189 Å². The molecule has 0 aliphatic carbocycles. The highest BCUT2D eigenvalue weighted by molar-refractivity contribution is 7.92. The molecule has 32 heavy (non-hydrogen) atoms. The van der Waals surface area contributed by atoms with Crippen molar-refractivity contribution in [2.45, 2.75) is 25.8 Å². The van der Waals surface area contributed by atoms with E-state index in [0.717, 1.165) is 17.4 Å². The molecule has 1 fully saturated rings. The summed E-state index contributed by atoms with van der Waals surface area (Å²) in [5, 5.41) is 3.03. The predicted octanol–water partition coefficient (Wildman–Crippen LogP) is 3.19. The highest BCUT2D eigenvalue weighted by Gasteiger charge is 2.27. The van der Waals surface area contributed by atoms with Crippen molar-refractivity contribution in [3.8, 4) is 0 Å². The first-order valence-electron chi connectivity index (χ1n) is 10.6. The Morgan fingerprint density at radius 3 is 2.25 bits per heavy atom. The van der Waals surface area contributed by atoms with Crippen molar-refractivity contribution in [3.05, 3.63) is 71.8 Å². The van der Waals surface area contributed by atoms with E-state index in [1.54, 1.807) is 41.3 Å². The van der Waals surface area contributed by atoms with Gasteiger partial charge in [0.2, 0.25) is 21.8 Å². The Morgan fingerprint density at radius 2 is 1.66 bits per heavy atom. The molecule has 2 aromatic carbocycles. The molecule has 1 heterocycles. The summed E-state index contributed by atoms with van der Waals surface area (Å²) < 4.78 is 25.0. The van der Waals surface area contributed by atoms with E-state index in [4.69, 9.17) is 0 Å². The fourth-order valence-electron chi connectivity index (χ4n) is 3.67. The Morgan fingerprint density at radius 1 is 1.03 bits per heavy atom. The van der Waals surface area contributed by atoms with Crippen molar-refractivity contribution in [3.63, 3.8) is 0 Å². The third kappa shape index (κ3) is 6.95. The van der Waals surface area contributed by atoms with E-state index in [0.29, 0.717) is 31.6 Å². The third-order valence-electron chi connectivity index (χ3n) is 5.47. The van der Waals surface area contributed by atoms with Crippen LogP contribution in [0.5, 0.6) is 0 Å². The maximum absolute atomic E-state index is 12.7. The number of hydrogen-bond acceptors (Lipinski definition) is 4. The zero-order valence-corrected chi connectivity index (χ0v) is 19.1. The topological polar surface area (TPSA) is 95.6 Å². The van der Waals surface area contributed by atoms with E-state index in [9.17, 15) is 18.0 Å². The SMILES string of the molecule is CC(NC(=O)C1CCN(C(=O)/C=C/c2ccccc2)CC1)c1ccc(NS(C)(=O)=O)cc1. The van der Waals surface area contributed by atoms with E-state index >= 15 is 0 Å². The first-order chi connectivity index (χ1) is 15.2. The Balaban J connectivity index is 1.47. The molecule has 1 saturated heterocycles. The van der Waals surface area contributed by atoms with Crippen LogP contribution in [-0.2, 0) is 19.6 Å². The molecule has 3 rings (SSSR count). The van der Waals surface area contributed by atoms with Gasteiger partial charge < -0.3 is 10.2 Å². The summed E-state index contributed by atoms with van der Waals surface area (Å²) in [6.45, 7) is 3.00. The van der Waals surface area contributed by atoms with E-state index in [2.05, 4.69) is 10.0 Å². The number of benzene rings is 2. The molecule has 8 heteroatoms. The number of carbonyl (C=O) groups excluding carboxylic acids is 2. The molecule has 1 unspecified atom stereocenters. The van der Waals surface area contributed by atoms with Gasteiger partial charge >= 0.3 is 0 Å². The van der Waals surface area contributed by atoms with Gasteiger partial charge in [0.15, 0.2) is 0 Å². The van der Waals surface area contributed by atoms with Crippen LogP contribution in [0.4, 0.5) is 5.69 Å². The molecule has 0 aromatic heterocycles. The molecule has 0 bridgehead atoms. The third-order valence-corrected chi connectivity index (χ3v) is 6.07. The zero-order valence-electron chi connectivity index (χ0n) is 18.3. The first kappa shape index (κ1) is 23.5. The molecule has 0 spiro atoms. The number of rotatable bonds is 7. The maximum atomic E-state index is 12.7. The van der Waals surface area contributed by atoms with Crippen LogP contribution in [0, 0.1) is 5.92 Å². The minimum atomic E-state index is -3.32. The average Bonchev–Trinajstić information content (AvgIpc) is 2.77. The molecule has 1 atom stereocenters. The second kappa shape index (κ2) is 10.5. The summed E-state index contributed by atoms with van der Waals surface area (Å²) in [4.78, 5) is 26.9. The molecule has 170 valence electrons. The highest BCUT2D eigenvalue weighted by Crippen LogP contribution is 2.21. The number of nitrogens with one attached hydrogen (secondary N) is 2. The molecule has 2 aromatic rings. The fourth-order valence-corrected chi connectivity index (χ4v) is 4.23. The molecule has 1 aliphatic heterocycles. The number of nitrogens with zero attached hydrogens (tertiary/aromatic N) is 1. The van der Waals surface area contributed by atoms with Gasteiger partial charge in [-0.15, -0.1) is 0 Å². The maximum Gasteiger partial charge on any atom is 0.246 e. The van der Waals surface area contributed by atoms with E-state index in [1.807, 2.05) is 37.3 Å². The lowest BCUT2D eigenvalue weighted by molar-refractivity contribution is -0.132. The van der Waals surface area contributed by atoms with Crippen molar-refractivity contribution >= 4 is 33.6 Å². The molecule has 0 radical (unpaired) electrons. The smallest absolute Gasteiger partial charge is 0.246 e. The Hall–Kier alpha value is -3.13. The van der Waals surface area contributed by atoms with Gasteiger partial charge in [-0.25, -0.2) is 8.42 Å². The van der Waals surface area contributed by atoms with Gasteiger partial charge in [0.25, 0.3) is 0 Å². The van der Waals surface area contributed by atoms with Crippen LogP contribution in [0.1, 0.15) is 36.9 Å². The van der Waals surface area contributed by atoms with Crippen LogP contribution >= 0.6 is 0 Å². The summed E-state index contributed by atoms with van der Waals surface area (Å²) in [7, 11) is -3.32. The van der Waals surface area contributed by atoms with Gasteiger partial charge in [-0.3, -0.25) is 14.3 Å². The molecular formula is C24H29N3O4S. The quantitative estimate of drug-likeness (QED) is 0.627. The minimum absolute atomic E-state index is 0.0252. The molecule has 7 nitrogen and oxygen atoms in total. The average molecular weight is 456 g/mol. The zero-order chi connectivity index (χ0) is 23.1. The van der Waals surface area contributed by atoms with Crippen LogP contribution in [0.15, 0.2) is 60.7 Å². The van der Waals surface area contributed by atoms with Crippen LogP contribution in [0.2, 0.25) is 0 Å². The molecule has 0 saturated carbocycles. The largest absolute Gasteiger partial charge is 0.349 e. The number of hydrogen-bond donors (Lipinski definition) is 2. The summed E-state index contributed by atoms with van der Waals surface area (Å²) in [5.41, 5.74) is 2.34. The van der Waals surface area contributed by atoms with Gasteiger partial charge in [-0.1, -0.05) is 42.5 Å². The van der Waals surface area contributed by atoms with Gasteiger partial charge in [-0.05, 0) is 49.1 Å². The Kier molecular flexibility index (Phi) is 7.69. The van der Waals surface area contributed by atoms with E-state index in [-0.39, 0.29) is 23.8 Å². The van der Waals surface area contributed by atoms with Gasteiger partial charge in [0, 0.05) is 30.8 Å². The van der Waals surface area contributed by atoms with Crippen LogP contribution in [-0.4, -0.2) is 44.5 Å². The monoisotopic (exact) mass is 455 g/mol. The fraction of sp³-hybridized carbons (Fsp3) is 0.333. The van der Waals surface area contributed by atoms with Gasteiger partial charge in [0.1, 0.15) is 0 Å². The molecule has 2 N–H and O–H groups in total. The van der Waals surface area contributed by atoms with Crippen LogP contribution in [0.3, 0.4) is 0 Å². The normalized spacial score (nSPS) is 16.0. The second-order valence-corrected chi connectivity index (χ2v) is 9.82. The highest BCUT2D eigenvalue weighted by atomic mass is 32.2. The van der Waals surface area contributed by atoms with E-state index < -0.39 is 10.0 Å². The number of piperidine rings is 1. The lowest BCUT2D eigenvalue weighted by Gasteiger charge is -2.31. The predicted molar refractivity (Wildman–Crippen MR) is 126 cm³/mol. The number of amides is 2. The molecule has 1 aliphatic rings. The second-order valence-electron chi connectivity index (χ2n) is 8.07. The van der Waals surface area contributed by atoms with Gasteiger partial charge in [-0.2, -0.15) is 0 Å². The van der Waals surface area contributed by atoms with Crippen molar-refractivity contribution in [2.75, 3.05) is 24.1 Å². The standard InChI is InChI=1S/C24H29N3O4S/c1-18(20-9-11-22(12-10-20)26-32(2,30)31)25-24(29)21-14-16-27(17-15-21)23(28)13-8-19-6-4-3-5-7-19/h3-13,18,21,26H,14-17H2,1-2H3,(H,25,29)/b13-8+. The van der Waals surface area contributed by atoms with Crippen molar-refractivity contribution in [1.82, 2.24) is 10.2 Å². The lowest BCUT2D eigenvalue weighted by Crippen LogP contribution is -2.43. The summed E-state index contributed by atoms with van der Waals surface area (Å²) >= 11 is 0. The van der Waals surface area contributed by atoms with Crippen molar-refractivity contribution in [1.29, 1.82) is 0 Å². The summed E-state index contributed by atoms with van der Waals surface area (Å²) in [6, 6.07) is 16.4. The Bertz CT molecular complexity index is 1060. The lowest BCUT2D eigenvalue weighted by atomic mass is 9.95. The van der Waals surface area contributed by atoms with Crippen LogP contribution in [0.25, 0.3) is 6.08 Å². The van der Waals surface area contributed by atoms with Crippen molar-refractivity contribution < 1.29 is 18.0 Å². The summed E-state index contributed by atoms with van der Waals surface area (Å²) in [6.07, 6.45) is 5.74. The number of carbonyl (C=O) groups is 2. The number of sulfonamides is 1. The number of anilines is 1. The first-order valence-corrected chi connectivity index (χ1v) is 12.5. The van der Waals surface area contributed by atoms with Gasteiger partial charge in [0.05, 0.1) is 12.3 Å². The van der Waals surface area contributed by atoms with E-state index in [1.165, 1.54) is 0 Å². The molecule has 2 amide bonds. The molecular weight excluding hydrogens is 426 g/mol. The number of likely N-dealkylation sites (tertiary alicyclic amines) is 1. The minimum Gasteiger partial charge on any atom is -0.349 e. The van der Waals surface area contributed by atoms with Crippen molar-refractivity contribution in [2.24, 2.45) is 5.92 Å². The summed E-state index contributed by atoms with van der Waals surface area (Å²) in [5.74, 6) is -0.197. The van der Waals surface area contributed by atoms with Crippen LogP contribution < -0.4 is 10.0 Å².